The first kappa shape index (κ1) is 17.5. The topological polar surface area (TPSA) is 15.7 Å². The Morgan fingerprint density at radius 2 is 1.46 bits per heavy atom. The molecule has 1 saturated heterocycles. The van der Waals surface area contributed by atoms with Gasteiger partial charge in [0, 0.05) is 37.2 Å². The van der Waals surface area contributed by atoms with Gasteiger partial charge in [-0.3, -0.25) is 0 Å². The third kappa shape index (κ3) is 5.07. The highest BCUT2D eigenvalue weighted by atomic mass is 79.9. The molecule has 1 fully saturated rings. The summed E-state index contributed by atoms with van der Waals surface area (Å²) in [7, 11) is 2.19. The molecule has 0 aliphatic carbocycles. The standard InChI is InChI=1S/C20H25BrN2O/c1-22-12-14-23(15-13-22)11-2-16-24-20-9-5-18(6-10-20)17-3-7-19(21)8-4-17/h3-10H,2,11-16H2,1H3. The number of piperazine rings is 1. The lowest BCUT2D eigenvalue weighted by molar-refractivity contribution is 0.145. The molecule has 0 aromatic heterocycles. The Morgan fingerprint density at radius 3 is 2.08 bits per heavy atom. The average Bonchev–Trinajstić information content (AvgIpc) is 2.62. The Hall–Kier alpha value is -1.36. The van der Waals surface area contributed by atoms with Crippen molar-refractivity contribution < 1.29 is 4.74 Å². The molecule has 1 heterocycles. The minimum absolute atomic E-state index is 0.782. The van der Waals surface area contributed by atoms with Gasteiger partial charge in [0.2, 0.25) is 0 Å². The van der Waals surface area contributed by atoms with Crippen molar-refractivity contribution in [1.29, 1.82) is 0 Å². The van der Waals surface area contributed by atoms with Crippen molar-refractivity contribution in [2.75, 3.05) is 46.4 Å². The number of nitrogens with zero attached hydrogens (tertiary/aromatic N) is 2. The van der Waals surface area contributed by atoms with Crippen LogP contribution in [0.5, 0.6) is 5.75 Å². The smallest absolute Gasteiger partial charge is 0.119 e. The molecule has 0 N–H and O–H groups in total. The Labute approximate surface area is 153 Å². The highest BCUT2D eigenvalue weighted by molar-refractivity contribution is 9.10. The Morgan fingerprint density at radius 1 is 0.875 bits per heavy atom. The number of rotatable bonds is 6. The SMILES string of the molecule is CN1CCN(CCCOc2ccc(-c3ccc(Br)cc3)cc2)CC1. The van der Waals surface area contributed by atoms with Crippen LogP contribution in [0.2, 0.25) is 0 Å². The lowest BCUT2D eigenvalue weighted by Crippen LogP contribution is -2.44. The molecule has 1 aliphatic rings. The van der Waals surface area contributed by atoms with Crippen LogP contribution in [0.1, 0.15) is 6.42 Å². The summed E-state index contributed by atoms with van der Waals surface area (Å²) in [6.07, 6.45) is 1.08. The molecular weight excluding hydrogens is 364 g/mol. The van der Waals surface area contributed by atoms with Crippen LogP contribution in [-0.4, -0.2) is 56.2 Å². The molecule has 0 radical (unpaired) electrons. The molecule has 24 heavy (non-hydrogen) atoms. The summed E-state index contributed by atoms with van der Waals surface area (Å²) in [5, 5.41) is 0. The van der Waals surface area contributed by atoms with E-state index in [0.29, 0.717) is 0 Å². The monoisotopic (exact) mass is 388 g/mol. The third-order valence-corrected chi connectivity index (χ3v) is 5.04. The highest BCUT2D eigenvalue weighted by Gasteiger charge is 2.12. The van der Waals surface area contributed by atoms with Crippen molar-refractivity contribution in [3.8, 4) is 16.9 Å². The average molecular weight is 389 g/mol. The Kier molecular flexibility index (Phi) is 6.30. The van der Waals surface area contributed by atoms with E-state index in [4.69, 9.17) is 4.74 Å². The van der Waals surface area contributed by atoms with Gasteiger partial charge in [0.1, 0.15) is 5.75 Å². The maximum Gasteiger partial charge on any atom is 0.119 e. The van der Waals surface area contributed by atoms with Gasteiger partial charge in [-0.15, -0.1) is 0 Å². The fraction of sp³-hybridized carbons (Fsp3) is 0.400. The summed E-state index contributed by atoms with van der Waals surface area (Å²) in [5.74, 6) is 0.953. The summed E-state index contributed by atoms with van der Waals surface area (Å²) in [6, 6.07) is 16.8. The number of halogens is 1. The number of hydrogen-bond acceptors (Lipinski definition) is 3. The van der Waals surface area contributed by atoms with E-state index < -0.39 is 0 Å². The highest BCUT2D eigenvalue weighted by Crippen LogP contribution is 2.24. The molecule has 1 aliphatic heterocycles. The molecule has 2 aromatic rings. The number of ether oxygens (including phenoxy) is 1. The number of benzene rings is 2. The predicted octanol–water partition coefficient (Wildman–Crippen LogP) is 4.13. The lowest BCUT2D eigenvalue weighted by Gasteiger charge is -2.32. The predicted molar refractivity (Wildman–Crippen MR) is 104 cm³/mol. The molecule has 0 unspecified atom stereocenters. The molecular formula is C20H25BrN2O. The van der Waals surface area contributed by atoms with Crippen molar-refractivity contribution in [2.24, 2.45) is 0 Å². The van der Waals surface area contributed by atoms with Crippen molar-refractivity contribution >= 4 is 15.9 Å². The minimum Gasteiger partial charge on any atom is -0.494 e. The first-order chi connectivity index (χ1) is 11.7. The quantitative estimate of drug-likeness (QED) is 0.691. The maximum atomic E-state index is 5.88. The van der Waals surface area contributed by atoms with Crippen LogP contribution in [-0.2, 0) is 0 Å². The fourth-order valence-electron chi connectivity index (χ4n) is 2.94. The van der Waals surface area contributed by atoms with Gasteiger partial charge in [0.15, 0.2) is 0 Å². The second-order valence-electron chi connectivity index (χ2n) is 6.38. The van der Waals surface area contributed by atoms with Crippen molar-refractivity contribution in [2.45, 2.75) is 6.42 Å². The van der Waals surface area contributed by atoms with Gasteiger partial charge in [-0.25, -0.2) is 0 Å². The first-order valence-electron chi connectivity index (χ1n) is 8.60. The van der Waals surface area contributed by atoms with E-state index >= 15 is 0 Å². The molecule has 0 atom stereocenters. The molecule has 128 valence electrons. The molecule has 3 nitrogen and oxygen atoms in total. The molecule has 0 amide bonds. The zero-order valence-corrected chi connectivity index (χ0v) is 15.8. The van der Waals surface area contributed by atoms with Gasteiger partial charge in [0.25, 0.3) is 0 Å². The summed E-state index contributed by atoms with van der Waals surface area (Å²) in [6.45, 7) is 6.63. The normalized spacial score (nSPS) is 16.2. The molecule has 3 rings (SSSR count). The second-order valence-corrected chi connectivity index (χ2v) is 7.29. The molecule has 4 heteroatoms. The van der Waals surface area contributed by atoms with Crippen molar-refractivity contribution in [3.05, 3.63) is 53.0 Å². The van der Waals surface area contributed by atoms with Gasteiger partial charge < -0.3 is 14.5 Å². The van der Waals surface area contributed by atoms with Crippen LogP contribution in [0.15, 0.2) is 53.0 Å². The van der Waals surface area contributed by atoms with Gasteiger partial charge in [-0.05, 0) is 48.9 Å². The van der Waals surface area contributed by atoms with Gasteiger partial charge in [0.05, 0.1) is 6.61 Å². The van der Waals surface area contributed by atoms with Gasteiger partial charge in [-0.2, -0.15) is 0 Å². The van der Waals surface area contributed by atoms with E-state index in [-0.39, 0.29) is 0 Å². The summed E-state index contributed by atoms with van der Waals surface area (Å²) in [5.41, 5.74) is 2.44. The molecule has 2 aromatic carbocycles. The van der Waals surface area contributed by atoms with E-state index in [0.717, 1.165) is 29.8 Å². The van der Waals surface area contributed by atoms with Gasteiger partial charge in [-0.1, -0.05) is 40.2 Å². The van der Waals surface area contributed by atoms with Crippen molar-refractivity contribution in [3.63, 3.8) is 0 Å². The molecule has 0 saturated carbocycles. The Bertz CT molecular complexity index is 619. The van der Waals surface area contributed by atoms with Crippen LogP contribution < -0.4 is 4.74 Å². The maximum absolute atomic E-state index is 5.88. The van der Waals surface area contributed by atoms with Gasteiger partial charge >= 0.3 is 0 Å². The van der Waals surface area contributed by atoms with Crippen LogP contribution in [0, 0.1) is 0 Å². The van der Waals surface area contributed by atoms with E-state index in [9.17, 15) is 0 Å². The van der Waals surface area contributed by atoms with E-state index in [2.05, 4.69) is 81.3 Å². The second kappa shape index (κ2) is 8.65. The van der Waals surface area contributed by atoms with E-state index in [1.807, 2.05) is 0 Å². The summed E-state index contributed by atoms with van der Waals surface area (Å²) < 4.78 is 6.99. The minimum atomic E-state index is 0.782. The number of hydrogen-bond donors (Lipinski definition) is 0. The van der Waals surface area contributed by atoms with Crippen LogP contribution in [0.3, 0.4) is 0 Å². The number of likely N-dealkylation sites (N-methyl/N-ethyl adjacent to an activating group) is 1. The Balaban J connectivity index is 1.42. The fourth-order valence-corrected chi connectivity index (χ4v) is 3.20. The third-order valence-electron chi connectivity index (χ3n) is 4.52. The van der Waals surface area contributed by atoms with Crippen LogP contribution in [0.4, 0.5) is 0 Å². The summed E-state index contributed by atoms with van der Waals surface area (Å²) in [4.78, 5) is 4.92. The van der Waals surface area contributed by atoms with Crippen LogP contribution in [0.25, 0.3) is 11.1 Å². The van der Waals surface area contributed by atoms with Crippen molar-refractivity contribution in [1.82, 2.24) is 9.80 Å². The largest absolute Gasteiger partial charge is 0.494 e. The zero-order chi connectivity index (χ0) is 16.8. The van der Waals surface area contributed by atoms with E-state index in [1.165, 1.54) is 37.3 Å². The summed E-state index contributed by atoms with van der Waals surface area (Å²) >= 11 is 3.47. The molecule has 0 bridgehead atoms. The van der Waals surface area contributed by atoms with Crippen LogP contribution >= 0.6 is 15.9 Å². The first-order valence-corrected chi connectivity index (χ1v) is 9.40. The van der Waals surface area contributed by atoms with E-state index in [1.54, 1.807) is 0 Å². The molecule has 0 spiro atoms. The zero-order valence-electron chi connectivity index (χ0n) is 14.2. The lowest BCUT2D eigenvalue weighted by atomic mass is 10.1.